The summed E-state index contributed by atoms with van der Waals surface area (Å²) in [7, 11) is 0. The van der Waals surface area contributed by atoms with Crippen molar-refractivity contribution in [2.45, 2.75) is 13.3 Å². The summed E-state index contributed by atoms with van der Waals surface area (Å²) in [6.45, 7) is 2.28. The number of aromatic nitrogens is 2. The third-order valence-electron chi connectivity index (χ3n) is 4.19. The monoisotopic (exact) mass is 395 g/mol. The Hall–Kier alpha value is -3.39. The summed E-state index contributed by atoms with van der Waals surface area (Å²) in [5.74, 6) is 1.04. The van der Waals surface area contributed by atoms with Crippen LogP contribution < -0.4 is 4.74 Å². The largest absolute Gasteiger partial charge is 0.493 e. The fourth-order valence-electron chi connectivity index (χ4n) is 2.79. The van der Waals surface area contributed by atoms with Gasteiger partial charge in [0.15, 0.2) is 12.1 Å². The molecule has 3 rings (SSSR count). The third kappa shape index (κ3) is 4.12. The summed E-state index contributed by atoms with van der Waals surface area (Å²) in [5, 5.41) is 10.9. The number of nitro groups is 1. The van der Waals surface area contributed by atoms with Crippen molar-refractivity contribution < 1.29 is 14.5 Å². The topological polar surface area (TPSA) is 87.3 Å². The molecule has 0 saturated carbocycles. The zero-order valence-electron chi connectivity index (χ0n) is 15.1. The molecule has 1 heterocycles. The number of para-hydroxylation sites is 1. The first-order valence-electron chi connectivity index (χ1n) is 8.50. The molecule has 0 spiro atoms. The first kappa shape index (κ1) is 19.4. The highest BCUT2D eigenvalue weighted by Crippen LogP contribution is 2.23. The van der Waals surface area contributed by atoms with Gasteiger partial charge in [0.1, 0.15) is 5.75 Å². The highest BCUT2D eigenvalue weighted by Gasteiger charge is 2.15. The van der Waals surface area contributed by atoms with Crippen LogP contribution in [0, 0.1) is 17.0 Å². The average Bonchev–Trinajstić information content (AvgIpc) is 3.17. The minimum absolute atomic E-state index is 0.0276. The molecule has 0 aliphatic heterocycles. The van der Waals surface area contributed by atoms with Crippen molar-refractivity contribution in [3.63, 3.8) is 0 Å². The summed E-state index contributed by atoms with van der Waals surface area (Å²) in [5.41, 5.74) is 1.83. The van der Waals surface area contributed by atoms with E-state index in [4.69, 9.17) is 17.0 Å². The molecule has 0 aliphatic carbocycles. The van der Waals surface area contributed by atoms with Gasteiger partial charge in [-0.1, -0.05) is 30.4 Å². The summed E-state index contributed by atoms with van der Waals surface area (Å²) >= 11 is 5.52. The van der Waals surface area contributed by atoms with E-state index in [9.17, 15) is 14.9 Å². The molecule has 2 aromatic carbocycles. The molecule has 0 fully saturated rings. The van der Waals surface area contributed by atoms with Crippen LogP contribution in [0.15, 0.2) is 54.9 Å². The van der Waals surface area contributed by atoms with Crippen LogP contribution in [0.2, 0.25) is 0 Å². The second-order valence-electron chi connectivity index (χ2n) is 6.02. The zero-order valence-corrected chi connectivity index (χ0v) is 15.9. The fraction of sp³-hybridized carbons (Fsp3) is 0.150. The Labute approximate surface area is 166 Å². The Morgan fingerprint density at radius 2 is 2.11 bits per heavy atom. The molecule has 0 radical (unpaired) electrons. The van der Waals surface area contributed by atoms with Crippen LogP contribution >= 0.6 is 12.2 Å². The number of nitrogens with zero attached hydrogens (tertiary/aromatic N) is 3. The number of hydrogen-bond acceptors (Lipinski definition) is 6. The quantitative estimate of drug-likeness (QED) is 0.188. The molecule has 0 N–H and O–H groups in total. The van der Waals surface area contributed by atoms with Crippen LogP contribution in [0.4, 0.5) is 5.69 Å². The van der Waals surface area contributed by atoms with Crippen molar-refractivity contribution in [1.82, 2.24) is 9.55 Å². The van der Waals surface area contributed by atoms with Crippen molar-refractivity contribution >= 4 is 29.1 Å². The number of thiocarbonyl (C=S) groups is 1. The van der Waals surface area contributed by atoms with Crippen LogP contribution in [0.1, 0.15) is 28.2 Å². The van der Waals surface area contributed by atoms with Crippen molar-refractivity contribution in [3.8, 4) is 11.4 Å². The van der Waals surface area contributed by atoms with Crippen molar-refractivity contribution in [2.75, 3.05) is 6.61 Å². The Kier molecular flexibility index (Phi) is 5.90. The molecule has 142 valence electrons. The maximum atomic E-state index is 11.0. The number of hydrogen-bond donors (Lipinski definition) is 0. The van der Waals surface area contributed by atoms with Crippen LogP contribution in [-0.4, -0.2) is 32.2 Å². The summed E-state index contributed by atoms with van der Waals surface area (Å²) in [6, 6.07) is 12.0. The molecule has 28 heavy (non-hydrogen) atoms. The normalized spacial score (nSPS) is 10.5. The first-order chi connectivity index (χ1) is 13.5. The Morgan fingerprint density at radius 1 is 1.32 bits per heavy atom. The number of rotatable bonds is 8. The second-order valence-corrected chi connectivity index (χ2v) is 6.52. The lowest BCUT2D eigenvalue weighted by atomic mass is 10.2. The van der Waals surface area contributed by atoms with Crippen molar-refractivity contribution in [2.24, 2.45) is 0 Å². The van der Waals surface area contributed by atoms with Crippen molar-refractivity contribution in [1.29, 1.82) is 0 Å². The fourth-order valence-corrected chi connectivity index (χ4v) is 3.03. The first-order valence-corrected chi connectivity index (χ1v) is 8.91. The second kappa shape index (κ2) is 8.53. The van der Waals surface area contributed by atoms with E-state index >= 15 is 0 Å². The summed E-state index contributed by atoms with van der Waals surface area (Å²) in [6.07, 6.45) is 4.43. The van der Waals surface area contributed by atoms with Gasteiger partial charge < -0.3 is 4.74 Å². The molecule has 0 unspecified atom stereocenters. The third-order valence-corrected chi connectivity index (χ3v) is 4.57. The lowest BCUT2D eigenvalue weighted by molar-refractivity contribution is -0.385. The molecule has 0 saturated heterocycles. The summed E-state index contributed by atoms with van der Waals surface area (Å²) in [4.78, 5) is 26.3. The van der Waals surface area contributed by atoms with Gasteiger partial charge in [-0.25, -0.2) is 4.98 Å². The molecular weight excluding hydrogens is 378 g/mol. The predicted octanol–water partition coefficient (Wildman–Crippen LogP) is 4.09. The molecule has 1 aromatic heterocycles. The van der Waals surface area contributed by atoms with Crippen molar-refractivity contribution in [3.05, 3.63) is 81.9 Å². The van der Waals surface area contributed by atoms with Crippen LogP contribution in [-0.2, 0) is 0 Å². The van der Waals surface area contributed by atoms with Gasteiger partial charge in [0.25, 0.3) is 5.69 Å². The van der Waals surface area contributed by atoms with E-state index in [1.807, 2.05) is 42.0 Å². The number of aldehydes is 1. The number of imidazole rings is 1. The highest BCUT2D eigenvalue weighted by atomic mass is 32.1. The smallest absolute Gasteiger partial charge is 0.280 e. The Balaban J connectivity index is 1.68. The van der Waals surface area contributed by atoms with E-state index in [1.165, 1.54) is 18.2 Å². The Bertz CT molecular complexity index is 1050. The van der Waals surface area contributed by atoms with E-state index in [1.54, 1.807) is 6.20 Å². The average molecular weight is 395 g/mol. The van der Waals surface area contributed by atoms with E-state index in [-0.39, 0.29) is 17.9 Å². The van der Waals surface area contributed by atoms with Gasteiger partial charge in [-0.05, 0) is 30.7 Å². The van der Waals surface area contributed by atoms with E-state index in [0.717, 1.165) is 11.3 Å². The number of benzene rings is 2. The lowest BCUT2D eigenvalue weighted by Crippen LogP contribution is -2.12. The van der Waals surface area contributed by atoms with Crippen LogP contribution in [0.3, 0.4) is 0 Å². The molecule has 8 heteroatoms. The summed E-state index contributed by atoms with van der Waals surface area (Å²) < 4.78 is 7.55. The SMILES string of the molecule is Cc1ccccc1-n1ccnc1C(=S)CCOc1ccc([N+](=O)[O-])c(C=O)c1. The minimum Gasteiger partial charge on any atom is -0.493 e. The molecule has 0 aliphatic rings. The van der Waals surface area contributed by atoms with Crippen LogP contribution in [0.5, 0.6) is 5.75 Å². The molecule has 3 aromatic rings. The molecule has 0 amide bonds. The van der Waals surface area contributed by atoms with Gasteiger partial charge >= 0.3 is 0 Å². The van der Waals surface area contributed by atoms with Crippen LogP contribution in [0.25, 0.3) is 5.69 Å². The van der Waals surface area contributed by atoms with E-state index in [2.05, 4.69) is 4.98 Å². The van der Waals surface area contributed by atoms with Gasteiger partial charge in [-0.2, -0.15) is 0 Å². The number of ether oxygens (including phenoxy) is 1. The minimum atomic E-state index is -0.603. The molecular formula is C20H17N3O4S. The maximum Gasteiger partial charge on any atom is 0.280 e. The lowest BCUT2D eigenvalue weighted by Gasteiger charge is -2.12. The van der Waals surface area contributed by atoms with Gasteiger partial charge in [-0.15, -0.1) is 0 Å². The molecule has 7 nitrogen and oxygen atoms in total. The number of carbonyl (C=O) groups excluding carboxylic acids is 1. The maximum absolute atomic E-state index is 11.0. The number of aryl methyl sites for hydroxylation is 1. The number of nitro benzene ring substituents is 1. The highest BCUT2D eigenvalue weighted by molar-refractivity contribution is 7.80. The van der Waals surface area contributed by atoms with E-state index in [0.29, 0.717) is 29.1 Å². The van der Waals surface area contributed by atoms with Gasteiger partial charge in [0, 0.05) is 30.6 Å². The standard InChI is InChI=1S/C20H17N3O4S/c1-14-4-2-3-5-17(14)22-10-9-21-20(22)19(28)8-11-27-16-6-7-18(23(25)26)15(12-16)13-24/h2-7,9-10,12-13H,8,11H2,1H3. The zero-order chi connectivity index (χ0) is 20.1. The molecule has 0 bridgehead atoms. The predicted molar refractivity (Wildman–Crippen MR) is 109 cm³/mol. The number of carbonyl (C=O) groups is 1. The Morgan fingerprint density at radius 3 is 2.82 bits per heavy atom. The molecule has 0 atom stereocenters. The van der Waals surface area contributed by atoms with E-state index < -0.39 is 4.92 Å². The van der Waals surface area contributed by atoms with Gasteiger partial charge in [0.05, 0.1) is 22.0 Å². The van der Waals surface area contributed by atoms with Gasteiger partial charge in [0.2, 0.25) is 0 Å². The van der Waals surface area contributed by atoms with Gasteiger partial charge in [-0.3, -0.25) is 19.5 Å².